The number of benzene rings is 1. The molecule has 4 rings (SSSR count). The molecule has 0 fully saturated rings. The lowest BCUT2D eigenvalue weighted by molar-refractivity contribution is -0.139. The Hall–Kier alpha value is -3.00. The second kappa shape index (κ2) is 8.79. The molecule has 3 N–H and O–H groups in total. The standard InChI is InChI=1S/C22H23N3O4S/c26-18(27)11-10-15(22(28)29)23-20-19-14-8-4-5-9-16(14)30-21(19)25-17(24-20)12-13-6-2-1-3-7-13/h1-3,6-7,15H,4-5,8-12H2,(H,26,27)(H,28,29)(H,23,24,25)/t15-/m0/s1. The van der Waals surface area contributed by atoms with Crippen molar-refractivity contribution < 1.29 is 19.8 Å². The van der Waals surface area contributed by atoms with Crippen LogP contribution in [0.4, 0.5) is 5.82 Å². The highest BCUT2D eigenvalue weighted by atomic mass is 32.1. The summed E-state index contributed by atoms with van der Waals surface area (Å²) in [4.78, 5) is 34.4. The first-order chi connectivity index (χ1) is 14.5. The summed E-state index contributed by atoms with van der Waals surface area (Å²) in [7, 11) is 0. The lowest BCUT2D eigenvalue weighted by Crippen LogP contribution is -2.30. The number of carbonyl (C=O) groups is 2. The fraction of sp³-hybridized carbons (Fsp3) is 0.364. The summed E-state index contributed by atoms with van der Waals surface area (Å²) in [6.07, 6.45) is 4.46. The van der Waals surface area contributed by atoms with Crippen molar-refractivity contribution >= 4 is 39.3 Å². The Morgan fingerprint density at radius 2 is 1.87 bits per heavy atom. The molecule has 30 heavy (non-hydrogen) atoms. The van der Waals surface area contributed by atoms with Gasteiger partial charge in [-0.25, -0.2) is 14.8 Å². The van der Waals surface area contributed by atoms with Gasteiger partial charge in [0.2, 0.25) is 0 Å². The molecule has 1 atom stereocenters. The van der Waals surface area contributed by atoms with Crippen molar-refractivity contribution in [2.75, 3.05) is 5.32 Å². The number of aryl methyl sites for hydroxylation is 2. The van der Waals surface area contributed by atoms with Gasteiger partial charge in [-0.15, -0.1) is 11.3 Å². The average molecular weight is 426 g/mol. The normalized spacial score (nSPS) is 14.3. The smallest absolute Gasteiger partial charge is 0.326 e. The first-order valence-corrected chi connectivity index (χ1v) is 10.9. The minimum Gasteiger partial charge on any atom is -0.481 e. The Labute approximate surface area is 177 Å². The number of carboxylic acid groups (broad SMARTS) is 2. The zero-order chi connectivity index (χ0) is 21.1. The van der Waals surface area contributed by atoms with Gasteiger partial charge in [-0.2, -0.15) is 0 Å². The van der Waals surface area contributed by atoms with Crippen LogP contribution < -0.4 is 5.32 Å². The Balaban J connectivity index is 1.75. The molecule has 0 spiro atoms. The van der Waals surface area contributed by atoms with Crippen LogP contribution in [0.15, 0.2) is 30.3 Å². The van der Waals surface area contributed by atoms with Crippen molar-refractivity contribution in [3.8, 4) is 0 Å². The van der Waals surface area contributed by atoms with E-state index in [-0.39, 0.29) is 12.8 Å². The van der Waals surface area contributed by atoms with E-state index in [9.17, 15) is 14.7 Å². The van der Waals surface area contributed by atoms with Gasteiger partial charge >= 0.3 is 11.9 Å². The summed E-state index contributed by atoms with van der Waals surface area (Å²) in [5, 5.41) is 22.5. The summed E-state index contributed by atoms with van der Waals surface area (Å²) in [6.45, 7) is 0. The van der Waals surface area contributed by atoms with Crippen LogP contribution >= 0.6 is 11.3 Å². The molecule has 1 aliphatic carbocycles. The summed E-state index contributed by atoms with van der Waals surface area (Å²) >= 11 is 1.66. The largest absolute Gasteiger partial charge is 0.481 e. The maximum absolute atomic E-state index is 11.8. The molecule has 7 nitrogen and oxygen atoms in total. The maximum Gasteiger partial charge on any atom is 0.326 e. The van der Waals surface area contributed by atoms with Crippen LogP contribution in [-0.4, -0.2) is 38.2 Å². The number of hydrogen-bond acceptors (Lipinski definition) is 6. The maximum atomic E-state index is 11.8. The zero-order valence-corrected chi connectivity index (χ0v) is 17.2. The van der Waals surface area contributed by atoms with E-state index in [1.165, 1.54) is 10.4 Å². The predicted octanol–water partition coefficient (Wildman–Crippen LogP) is 3.89. The van der Waals surface area contributed by atoms with Gasteiger partial charge in [-0.1, -0.05) is 30.3 Å². The topological polar surface area (TPSA) is 112 Å². The highest BCUT2D eigenvalue weighted by Gasteiger charge is 2.25. The van der Waals surface area contributed by atoms with Crippen LogP contribution in [-0.2, 0) is 28.9 Å². The van der Waals surface area contributed by atoms with Gasteiger partial charge in [0.1, 0.15) is 22.5 Å². The van der Waals surface area contributed by atoms with Crippen molar-refractivity contribution in [1.29, 1.82) is 0 Å². The first-order valence-electron chi connectivity index (χ1n) is 10.1. The van der Waals surface area contributed by atoms with Crippen LogP contribution in [0, 0.1) is 0 Å². The highest BCUT2D eigenvalue weighted by Crippen LogP contribution is 2.39. The lowest BCUT2D eigenvalue weighted by Gasteiger charge is -2.17. The van der Waals surface area contributed by atoms with Crippen LogP contribution in [0.3, 0.4) is 0 Å². The van der Waals surface area contributed by atoms with E-state index in [1.54, 1.807) is 11.3 Å². The first kappa shape index (κ1) is 20.3. The number of aromatic nitrogens is 2. The van der Waals surface area contributed by atoms with Crippen molar-refractivity contribution in [1.82, 2.24) is 9.97 Å². The molecule has 2 aromatic heterocycles. The Bertz CT molecular complexity index is 1080. The molecule has 0 saturated carbocycles. The third kappa shape index (κ3) is 4.43. The van der Waals surface area contributed by atoms with Gasteiger partial charge in [0.25, 0.3) is 0 Å². The lowest BCUT2D eigenvalue weighted by atomic mass is 9.97. The number of nitrogens with zero attached hydrogens (tertiary/aromatic N) is 2. The van der Waals surface area contributed by atoms with E-state index in [0.717, 1.165) is 41.5 Å². The fourth-order valence-electron chi connectivity index (χ4n) is 3.85. The molecular weight excluding hydrogens is 402 g/mol. The zero-order valence-electron chi connectivity index (χ0n) is 16.4. The molecule has 0 amide bonds. The molecule has 0 unspecified atom stereocenters. The van der Waals surface area contributed by atoms with Gasteiger partial charge in [0.15, 0.2) is 0 Å². The molecule has 3 aromatic rings. The van der Waals surface area contributed by atoms with Gasteiger partial charge in [0, 0.05) is 17.7 Å². The Morgan fingerprint density at radius 1 is 1.10 bits per heavy atom. The molecule has 0 bridgehead atoms. The summed E-state index contributed by atoms with van der Waals surface area (Å²) in [5.41, 5.74) is 2.28. The van der Waals surface area contributed by atoms with Gasteiger partial charge in [0.05, 0.1) is 5.39 Å². The van der Waals surface area contributed by atoms with E-state index in [1.807, 2.05) is 30.3 Å². The SMILES string of the molecule is O=C(O)CC[C@H](Nc1nc(Cc2ccccc2)nc2sc3c(c12)CCCC3)C(=O)O. The van der Waals surface area contributed by atoms with Gasteiger partial charge in [-0.3, -0.25) is 4.79 Å². The summed E-state index contributed by atoms with van der Waals surface area (Å²) in [6, 6.07) is 8.86. The minimum atomic E-state index is -1.09. The predicted molar refractivity (Wildman–Crippen MR) is 115 cm³/mol. The van der Waals surface area contributed by atoms with E-state index < -0.39 is 18.0 Å². The van der Waals surface area contributed by atoms with Crippen molar-refractivity contribution in [2.45, 2.75) is 51.0 Å². The number of anilines is 1. The Kier molecular flexibility index (Phi) is 5.94. The number of carboxylic acids is 2. The third-order valence-electron chi connectivity index (χ3n) is 5.32. The van der Waals surface area contributed by atoms with Crippen molar-refractivity contribution in [3.63, 3.8) is 0 Å². The molecule has 0 saturated heterocycles. The molecule has 0 aliphatic heterocycles. The second-order valence-electron chi connectivity index (χ2n) is 7.51. The highest BCUT2D eigenvalue weighted by molar-refractivity contribution is 7.19. The number of nitrogens with one attached hydrogen (secondary N) is 1. The van der Waals surface area contributed by atoms with Crippen molar-refractivity contribution in [3.05, 3.63) is 52.2 Å². The number of rotatable bonds is 8. The summed E-state index contributed by atoms with van der Waals surface area (Å²) < 4.78 is 0. The van der Waals surface area contributed by atoms with Crippen molar-refractivity contribution in [2.24, 2.45) is 0 Å². The summed E-state index contributed by atoms with van der Waals surface area (Å²) in [5.74, 6) is -0.981. The fourth-order valence-corrected chi connectivity index (χ4v) is 5.13. The van der Waals surface area contributed by atoms with Gasteiger partial charge < -0.3 is 15.5 Å². The quantitative estimate of drug-likeness (QED) is 0.502. The van der Waals surface area contributed by atoms with Crippen LogP contribution in [0.25, 0.3) is 10.2 Å². The van der Waals surface area contributed by atoms with Crippen LogP contribution in [0.1, 0.15) is 47.5 Å². The molecule has 8 heteroatoms. The van der Waals surface area contributed by atoms with E-state index in [4.69, 9.17) is 15.1 Å². The molecule has 1 aromatic carbocycles. The number of hydrogen-bond donors (Lipinski definition) is 3. The second-order valence-corrected chi connectivity index (χ2v) is 8.59. The van der Waals surface area contributed by atoms with Crippen LogP contribution in [0.5, 0.6) is 0 Å². The van der Waals surface area contributed by atoms with Gasteiger partial charge in [-0.05, 0) is 43.2 Å². The molecule has 1 aliphatic rings. The number of fused-ring (bicyclic) bond motifs is 3. The van der Waals surface area contributed by atoms with E-state index in [0.29, 0.717) is 18.1 Å². The number of aliphatic carboxylic acids is 2. The molecule has 0 radical (unpaired) electrons. The number of thiophene rings is 1. The third-order valence-corrected chi connectivity index (χ3v) is 6.51. The average Bonchev–Trinajstić information content (AvgIpc) is 3.10. The minimum absolute atomic E-state index is 0.0174. The van der Waals surface area contributed by atoms with E-state index >= 15 is 0 Å². The molecule has 2 heterocycles. The molecule has 156 valence electrons. The van der Waals surface area contributed by atoms with Crippen LogP contribution in [0.2, 0.25) is 0 Å². The van der Waals surface area contributed by atoms with E-state index in [2.05, 4.69) is 5.32 Å². The monoisotopic (exact) mass is 425 g/mol. The Morgan fingerprint density at radius 3 is 2.60 bits per heavy atom. The molecular formula is C22H23N3O4S.